The molecule has 0 aliphatic heterocycles. The Morgan fingerprint density at radius 3 is 2.66 bits per heavy atom. The van der Waals surface area contributed by atoms with Crippen LogP contribution in [0.15, 0.2) is 23.2 Å². The molecular formula is C22H32N4O2S. The molecule has 0 spiro atoms. The highest BCUT2D eigenvalue weighted by Crippen LogP contribution is 2.32. The lowest BCUT2D eigenvalue weighted by molar-refractivity contribution is 0.200. The molecule has 1 aliphatic rings. The normalized spacial score (nSPS) is 14.8. The quantitative estimate of drug-likeness (QED) is 0.503. The van der Waals surface area contributed by atoms with Gasteiger partial charge in [-0.25, -0.2) is 4.98 Å². The van der Waals surface area contributed by atoms with E-state index in [0.29, 0.717) is 12.6 Å². The van der Waals surface area contributed by atoms with E-state index >= 15 is 0 Å². The number of rotatable bonds is 8. The molecule has 29 heavy (non-hydrogen) atoms. The maximum absolute atomic E-state index is 6.19. The van der Waals surface area contributed by atoms with Gasteiger partial charge in [0.2, 0.25) is 0 Å². The Balaban J connectivity index is 1.51. The maximum atomic E-state index is 6.19. The molecule has 1 aromatic heterocycles. The molecule has 0 radical (unpaired) electrons. The van der Waals surface area contributed by atoms with Crippen molar-refractivity contribution in [3.05, 3.63) is 39.3 Å². The summed E-state index contributed by atoms with van der Waals surface area (Å²) in [6.45, 7) is 5.64. The molecule has 0 atom stereocenters. The predicted octanol–water partition coefficient (Wildman–Crippen LogP) is 4.00. The topological polar surface area (TPSA) is 67.8 Å². The van der Waals surface area contributed by atoms with Crippen molar-refractivity contribution in [2.45, 2.75) is 58.6 Å². The molecule has 6 nitrogen and oxygen atoms in total. The Labute approximate surface area is 177 Å². The van der Waals surface area contributed by atoms with Crippen LogP contribution in [0, 0.1) is 13.8 Å². The zero-order valence-electron chi connectivity index (χ0n) is 17.9. The molecule has 1 saturated carbocycles. The lowest BCUT2D eigenvalue weighted by Crippen LogP contribution is -2.37. The molecule has 0 bridgehead atoms. The number of methoxy groups -OCH3 is 1. The van der Waals surface area contributed by atoms with Gasteiger partial charge >= 0.3 is 0 Å². The summed E-state index contributed by atoms with van der Waals surface area (Å²) in [5.74, 6) is 2.40. The summed E-state index contributed by atoms with van der Waals surface area (Å²) in [4.78, 5) is 10.2. The SMILES string of the molecule is CN=C(NCCc1nc(C)c(C)s1)NCc1ccc(OC)c(OC2CCCC2)c1. The molecule has 1 fully saturated rings. The van der Waals surface area contributed by atoms with Gasteiger partial charge in [-0.1, -0.05) is 6.07 Å². The van der Waals surface area contributed by atoms with Crippen molar-refractivity contribution in [1.29, 1.82) is 0 Å². The minimum atomic E-state index is 0.305. The number of aryl methyl sites for hydroxylation is 2. The Morgan fingerprint density at radius 1 is 1.21 bits per heavy atom. The highest BCUT2D eigenvalue weighted by Gasteiger charge is 2.18. The summed E-state index contributed by atoms with van der Waals surface area (Å²) in [5.41, 5.74) is 2.26. The fourth-order valence-electron chi connectivity index (χ4n) is 3.45. The predicted molar refractivity (Wildman–Crippen MR) is 119 cm³/mol. The first-order valence-corrected chi connectivity index (χ1v) is 11.1. The summed E-state index contributed by atoms with van der Waals surface area (Å²) < 4.78 is 11.7. The molecule has 1 aliphatic carbocycles. The van der Waals surface area contributed by atoms with Crippen LogP contribution in [0.3, 0.4) is 0 Å². The zero-order valence-corrected chi connectivity index (χ0v) is 18.7. The summed E-state index contributed by atoms with van der Waals surface area (Å²) in [6, 6.07) is 6.10. The number of nitrogens with zero attached hydrogens (tertiary/aromatic N) is 2. The van der Waals surface area contributed by atoms with E-state index in [1.165, 1.54) is 17.7 Å². The van der Waals surface area contributed by atoms with Gasteiger partial charge in [0.25, 0.3) is 0 Å². The van der Waals surface area contributed by atoms with E-state index in [4.69, 9.17) is 9.47 Å². The third-order valence-corrected chi connectivity index (χ3v) is 6.34. The molecule has 1 heterocycles. The first-order valence-electron chi connectivity index (χ1n) is 10.3. The van der Waals surface area contributed by atoms with Crippen LogP contribution >= 0.6 is 11.3 Å². The number of aromatic nitrogens is 1. The van der Waals surface area contributed by atoms with Crippen molar-refractivity contribution in [1.82, 2.24) is 15.6 Å². The average molecular weight is 417 g/mol. The molecule has 0 amide bonds. The number of ether oxygens (including phenoxy) is 2. The minimum Gasteiger partial charge on any atom is -0.493 e. The number of aliphatic imine (C=N–C) groups is 1. The second-order valence-electron chi connectivity index (χ2n) is 7.36. The Kier molecular flexibility index (Phi) is 7.75. The molecule has 3 rings (SSSR count). The van der Waals surface area contributed by atoms with Gasteiger partial charge in [-0.3, -0.25) is 4.99 Å². The van der Waals surface area contributed by atoms with Crippen LogP contribution in [0.4, 0.5) is 0 Å². The summed E-state index contributed by atoms with van der Waals surface area (Å²) in [6.07, 6.45) is 5.94. The van der Waals surface area contributed by atoms with Crippen molar-refractivity contribution in [2.75, 3.05) is 20.7 Å². The first-order chi connectivity index (χ1) is 14.1. The second-order valence-corrected chi connectivity index (χ2v) is 8.65. The number of hydrogen-bond acceptors (Lipinski definition) is 5. The molecule has 7 heteroatoms. The average Bonchev–Trinajstić information content (AvgIpc) is 3.34. The molecular weight excluding hydrogens is 384 g/mol. The van der Waals surface area contributed by atoms with E-state index in [0.717, 1.165) is 59.5 Å². The van der Waals surface area contributed by atoms with Crippen molar-refractivity contribution in [2.24, 2.45) is 4.99 Å². The Hall–Kier alpha value is -2.28. The summed E-state index contributed by atoms with van der Waals surface area (Å²) in [5, 5.41) is 7.89. The van der Waals surface area contributed by atoms with Gasteiger partial charge in [-0.2, -0.15) is 0 Å². The number of nitrogens with one attached hydrogen (secondary N) is 2. The highest BCUT2D eigenvalue weighted by molar-refractivity contribution is 7.11. The van der Waals surface area contributed by atoms with E-state index in [1.54, 1.807) is 25.5 Å². The first kappa shape index (κ1) is 21.4. The largest absolute Gasteiger partial charge is 0.493 e. The van der Waals surface area contributed by atoms with E-state index in [2.05, 4.69) is 46.6 Å². The van der Waals surface area contributed by atoms with Crippen LogP contribution in [0.2, 0.25) is 0 Å². The zero-order chi connectivity index (χ0) is 20.6. The van der Waals surface area contributed by atoms with Gasteiger partial charge in [0.15, 0.2) is 17.5 Å². The Bertz CT molecular complexity index is 809. The van der Waals surface area contributed by atoms with Gasteiger partial charge in [0.05, 0.1) is 23.9 Å². The van der Waals surface area contributed by atoms with E-state index in [-0.39, 0.29) is 0 Å². The number of thiazole rings is 1. The van der Waals surface area contributed by atoms with Gasteiger partial charge in [-0.05, 0) is 57.2 Å². The number of guanidine groups is 1. The lowest BCUT2D eigenvalue weighted by atomic mass is 10.2. The monoisotopic (exact) mass is 416 g/mol. The summed E-state index contributed by atoms with van der Waals surface area (Å²) >= 11 is 1.76. The van der Waals surface area contributed by atoms with Crippen molar-refractivity contribution < 1.29 is 9.47 Å². The van der Waals surface area contributed by atoms with E-state index in [9.17, 15) is 0 Å². The molecule has 2 aromatic rings. The summed E-state index contributed by atoms with van der Waals surface area (Å²) in [7, 11) is 3.47. The standard InChI is InChI=1S/C22H32N4O2S/c1-15-16(2)29-21(26-15)11-12-24-22(23-3)25-14-17-9-10-19(27-4)20(13-17)28-18-7-5-6-8-18/h9-10,13,18H,5-8,11-12,14H2,1-4H3,(H2,23,24,25). The molecule has 0 saturated heterocycles. The maximum Gasteiger partial charge on any atom is 0.191 e. The third-order valence-electron chi connectivity index (χ3n) is 5.21. The van der Waals surface area contributed by atoms with E-state index < -0.39 is 0 Å². The van der Waals surface area contributed by atoms with Crippen molar-refractivity contribution >= 4 is 17.3 Å². The van der Waals surface area contributed by atoms with Crippen LogP contribution < -0.4 is 20.1 Å². The van der Waals surface area contributed by atoms with Crippen molar-refractivity contribution in [3.63, 3.8) is 0 Å². The third kappa shape index (κ3) is 6.10. The smallest absolute Gasteiger partial charge is 0.191 e. The van der Waals surface area contributed by atoms with Crippen LogP contribution in [-0.2, 0) is 13.0 Å². The van der Waals surface area contributed by atoms with Crippen LogP contribution in [0.1, 0.15) is 46.8 Å². The van der Waals surface area contributed by atoms with Crippen molar-refractivity contribution in [3.8, 4) is 11.5 Å². The molecule has 1 aromatic carbocycles. The van der Waals surface area contributed by atoms with Crippen LogP contribution in [-0.4, -0.2) is 37.7 Å². The van der Waals surface area contributed by atoms with Gasteiger partial charge in [-0.15, -0.1) is 11.3 Å². The van der Waals surface area contributed by atoms with Gasteiger partial charge in [0.1, 0.15) is 0 Å². The number of hydrogen-bond donors (Lipinski definition) is 2. The second kappa shape index (κ2) is 10.5. The molecule has 0 unspecified atom stereocenters. The highest BCUT2D eigenvalue weighted by atomic mass is 32.1. The number of benzene rings is 1. The van der Waals surface area contributed by atoms with Crippen LogP contribution in [0.5, 0.6) is 11.5 Å². The van der Waals surface area contributed by atoms with Gasteiger partial charge < -0.3 is 20.1 Å². The van der Waals surface area contributed by atoms with E-state index in [1.807, 2.05) is 6.07 Å². The fourth-order valence-corrected chi connectivity index (χ4v) is 4.38. The molecule has 2 N–H and O–H groups in total. The lowest BCUT2D eigenvalue weighted by Gasteiger charge is -2.17. The minimum absolute atomic E-state index is 0.305. The van der Waals surface area contributed by atoms with Crippen LogP contribution in [0.25, 0.3) is 0 Å². The fraction of sp³-hybridized carbons (Fsp3) is 0.545. The Morgan fingerprint density at radius 2 is 2.00 bits per heavy atom. The molecule has 158 valence electrons. The van der Waals surface area contributed by atoms with Gasteiger partial charge in [0, 0.05) is 31.4 Å².